The number of hydrogen-bond donors (Lipinski definition) is 3. The van der Waals surface area contributed by atoms with E-state index < -0.39 is 47.7 Å². The van der Waals surface area contributed by atoms with Crippen molar-refractivity contribution in [1.29, 1.82) is 0 Å². The summed E-state index contributed by atoms with van der Waals surface area (Å²) in [5, 5.41) is 11.4. The van der Waals surface area contributed by atoms with Gasteiger partial charge >= 0.3 is 6.18 Å². The molecule has 2 aromatic rings. The number of nitrogens with one attached hydrogen (secondary N) is 2. The first-order chi connectivity index (χ1) is 13.0. The third-order valence-corrected chi connectivity index (χ3v) is 4.24. The van der Waals surface area contributed by atoms with Gasteiger partial charge in [0.2, 0.25) is 0 Å². The second-order valence-corrected chi connectivity index (χ2v) is 6.91. The Labute approximate surface area is 170 Å². The van der Waals surface area contributed by atoms with Crippen LogP contribution in [0, 0.1) is 22.1 Å². The van der Waals surface area contributed by atoms with Crippen LogP contribution in [0.4, 0.5) is 33.3 Å². The number of aliphatic hydroxyl groups excluding tert-OH is 1. The first-order valence-corrected chi connectivity index (χ1v) is 8.76. The van der Waals surface area contributed by atoms with E-state index in [-0.39, 0.29) is 0 Å². The molecule has 3 N–H and O–H groups in total. The highest BCUT2D eigenvalue weighted by Crippen LogP contribution is 2.29. The minimum absolute atomic E-state index is 0.396. The smallest absolute Gasteiger partial charge is 0.381 e. The molecule has 1 unspecified atom stereocenters. The van der Waals surface area contributed by atoms with Crippen molar-refractivity contribution >= 4 is 39.9 Å². The van der Waals surface area contributed by atoms with Gasteiger partial charge in [0.25, 0.3) is 5.91 Å². The third-order valence-electron chi connectivity index (χ3n) is 3.57. The maximum absolute atomic E-state index is 14.3. The van der Waals surface area contributed by atoms with Crippen molar-refractivity contribution in [2.45, 2.75) is 19.2 Å². The van der Waals surface area contributed by atoms with E-state index in [0.717, 1.165) is 9.64 Å². The van der Waals surface area contributed by atoms with Crippen molar-refractivity contribution in [3.8, 4) is 0 Å². The molecule has 0 fully saturated rings. The Morgan fingerprint density at radius 2 is 1.93 bits per heavy atom. The first kappa shape index (κ1) is 22.3. The summed E-state index contributed by atoms with van der Waals surface area (Å²) in [7, 11) is 0. The fourth-order valence-electron chi connectivity index (χ4n) is 2.10. The van der Waals surface area contributed by atoms with Crippen LogP contribution in [0.25, 0.3) is 0 Å². The van der Waals surface area contributed by atoms with Gasteiger partial charge in [-0.05, 0) is 65.4 Å². The first-order valence-electron chi connectivity index (χ1n) is 7.68. The van der Waals surface area contributed by atoms with Crippen molar-refractivity contribution in [2.75, 3.05) is 11.9 Å². The van der Waals surface area contributed by atoms with Crippen molar-refractivity contribution in [2.24, 2.45) is 0 Å². The van der Waals surface area contributed by atoms with E-state index in [1.807, 2.05) is 0 Å². The lowest BCUT2D eigenvalue weighted by Crippen LogP contribution is -2.36. The molecule has 5 nitrogen and oxygen atoms in total. The van der Waals surface area contributed by atoms with Crippen molar-refractivity contribution in [3.63, 3.8) is 0 Å². The summed E-state index contributed by atoms with van der Waals surface area (Å²) in [6.07, 6.45) is -7.74. The highest BCUT2D eigenvalue weighted by atomic mass is 127. The molecule has 0 aromatic heterocycles. The number of alkyl halides is 3. The normalized spacial score (nSPS) is 12.6. The van der Waals surface area contributed by atoms with E-state index in [4.69, 9.17) is 5.11 Å². The number of hydroxylamine groups is 1. The Morgan fingerprint density at radius 3 is 2.54 bits per heavy atom. The zero-order valence-corrected chi connectivity index (χ0v) is 16.4. The summed E-state index contributed by atoms with van der Waals surface area (Å²) in [6.45, 7) is 0.445. The van der Waals surface area contributed by atoms with Crippen LogP contribution < -0.4 is 10.8 Å². The number of aliphatic hydroxyl groups is 1. The molecule has 2 rings (SSSR count). The molecule has 1 atom stereocenters. The van der Waals surface area contributed by atoms with E-state index in [2.05, 4.69) is 32.7 Å². The predicted molar refractivity (Wildman–Crippen MR) is 99.0 cm³/mol. The fourth-order valence-corrected chi connectivity index (χ4v) is 2.75. The molecule has 0 aliphatic heterocycles. The van der Waals surface area contributed by atoms with Gasteiger partial charge in [-0.25, -0.2) is 14.3 Å². The van der Waals surface area contributed by atoms with Gasteiger partial charge in [0.15, 0.2) is 17.7 Å². The molecule has 0 bridgehead atoms. The van der Waals surface area contributed by atoms with Crippen molar-refractivity contribution in [1.82, 2.24) is 5.48 Å². The van der Waals surface area contributed by atoms with Gasteiger partial charge < -0.3 is 10.4 Å². The summed E-state index contributed by atoms with van der Waals surface area (Å²) >= 11 is 2.07. The highest BCUT2D eigenvalue weighted by Gasteiger charge is 2.38. The molecular weight excluding hydrogens is 502 g/mol. The molecule has 152 valence electrons. The molecule has 1 amide bonds. The number of rotatable bonds is 6. The number of anilines is 2. The summed E-state index contributed by atoms with van der Waals surface area (Å²) in [4.78, 5) is 16.5. The molecule has 0 saturated heterocycles. The standard InChI is InChI=1S/C17H14F5IN2O3/c1-8-6-9(23)2-5-12(8)24-15-10(3-4-11(18)14(15)19)16(27)25-28-7-13(26)17(20,21)22/h2-6,13,24,26H,7H2,1H3,(H,25,27). The largest absolute Gasteiger partial charge is 0.416 e. The van der Waals surface area contributed by atoms with Gasteiger partial charge in [-0.15, -0.1) is 0 Å². The van der Waals surface area contributed by atoms with Crippen molar-refractivity contribution < 1.29 is 36.7 Å². The summed E-state index contributed by atoms with van der Waals surface area (Å²) < 4.78 is 65.5. The maximum Gasteiger partial charge on any atom is 0.416 e. The van der Waals surface area contributed by atoms with Crippen LogP contribution in [-0.4, -0.2) is 29.9 Å². The highest BCUT2D eigenvalue weighted by molar-refractivity contribution is 14.1. The molecule has 28 heavy (non-hydrogen) atoms. The van der Waals surface area contributed by atoms with Gasteiger partial charge in [-0.2, -0.15) is 13.2 Å². The minimum Gasteiger partial charge on any atom is -0.381 e. The Hall–Kier alpha value is -1.99. The van der Waals surface area contributed by atoms with Crippen LogP contribution in [0.1, 0.15) is 15.9 Å². The van der Waals surface area contributed by atoms with Gasteiger partial charge in [-0.1, -0.05) is 0 Å². The minimum atomic E-state index is -4.93. The molecule has 2 aromatic carbocycles. The molecule has 0 aliphatic rings. The third kappa shape index (κ3) is 5.52. The molecule has 0 aliphatic carbocycles. The zero-order valence-electron chi connectivity index (χ0n) is 14.2. The Bertz CT molecular complexity index is 877. The second-order valence-electron chi connectivity index (χ2n) is 5.67. The molecule has 0 spiro atoms. The van der Waals surface area contributed by atoms with Crippen LogP contribution in [0.5, 0.6) is 0 Å². The SMILES string of the molecule is Cc1cc(I)ccc1Nc1c(C(=O)NOCC(O)C(F)(F)F)ccc(F)c1F. The van der Waals surface area contributed by atoms with Crippen LogP contribution in [0.2, 0.25) is 0 Å². The van der Waals surface area contributed by atoms with Gasteiger partial charge in [-0.3, -0.25) is 9.63 Å². The summed E-state index contributed by atoms with van der Waals surface area (Å²) in [5.41, 5.74) is 1.84. The van der Waals surface area contributed by atoms with E-state index in [9.17, 15) is 26.7 Å². The number of carbonyl (C=O) groups is 1. The number of aryl methyl sites for hydroxylation is 1. The lowest BCUT2D eigenvalue weighted by atomic mass is 10.1. The monoisotopic (exact) mass is 516 g/mol. The molecule has 0 radical (unpaired) electrons. The molecule has 11 heteroatoms. The Morgan fingerprint density at radius 1 is 1.25 bits per heavy atom. The Kier molecular flexibility index (Phi) is 7.17. The van der Waals surface area contributed by atoms with E-state index in [1.165, 1.54) is 0 Å². The Balaban J connectivity index is 2.22. The van der Waals surface area contributed by atoms with Crippen LogP contribution >= 0.6 is 22.6 Å². The molecule has 0 saturated carbocycles. The van der Waals surface area contributed by atoms with Crippen LogP contribution in [0.3, 0.4) is 0 Å². The lowest BCUT2D eigenvalue weighted by molar-refractivity contribution is -0.221. The second kappa shape index (κ2) is 9.01. The maximum atomic E-state index is 14.3. The van der Waals surface area contributed by atoms with Gasteiger partial charge in [0.05, 0.1) is 11.3 Å². The van der Waals surface area contributed by atoms with E-state index in [1.54, 1.807) is 30.6 Å². The molecular formula is C17H14F5IN2O3. The average molecular weight is 516 g/mol. The predicted octanol–water partition coefficient (Wildman–Crippen LogP) is 4.21. The lowest BCUT2D eigenvalue weighted by Gasteiger charge is -2.17. The number of hydrogen-bond acceptors (Lipinski definition) is 4. The number of amides is 1. The number of carbonyl (C=O) groups excluding carboxylic acids is 1. The number of halogens is 6. The summed E-state index contributed by atoms with van der Waals surface area (Å²) in [6, 6.07) is 6.71. The van der Waals surface area contributed by atoms with E-state index >= 15 is 0 Å². The van der Waals surface area contributed by atoms with Crippen LogP contribution in [-0.2, 0) is 4.84 Å². The average Bonchev–Trinajstić information content (AvgIpc) is 2.60. The zero-order chi connectivity index (χ0) is 21.1. The number of benzene rings is 2. The topological polar surface area (TPSA) is 70.6 Å². The van der Waals surface area contributed by atoms with Crippen LogP contribution in [0.15, 0.2) is 30.3 Å². The van der Waals surface area contributed by atoms with Crippen molar-refractivity contribution in [3.05, 3.63) is 56.7 Å². The van der Waals surface area contributed by atoms with E-state index in [0.29, 0.717) is 17.3 Å². The quantitative estimate of drug-likeness (QED) is 0.306. The van der Waals surface area contributed by atoms with Gasteiger partial charge in [0.1, 0.15) is 6.61 Å². The van der Waals surface area contributed by atoms with Gasteiger partial charge in [0, 0.05) is 9.26 Å². The fraction of sp³-hybridized carbons (Fsp3) is 0.235. The molecule has 0 heterocycles. The summed E-state index contributed by atoms with van der Waals surface area (Å²) in [5.74, 6) is -3.70.